The second kappa shape index (κ2) is 227. The first-order valence-electron chi connectivity index (χ1n) is 16.0. The summed E-state index contributed by atoms with van der Waals surface area (Å²) in [6, 6.07) is 0. The van der Waals surface area contributed by atoms with Gasteiger partial charge in [0.05, 0.1) is 0 Å². The largest absolute Gasteiger partial charge is 0.103 e. The summed E-state index contributed by atoms with van der Waals surface area (Å²) >= 11 is 0. The first-order chi connectivity index (χ1) is 16.8. The maximum absolute atomic E-state index is 3.89. The van der Waals surface area contributed by atoms with Crippen LogP contribution in [-0.4, -0.2) is 0 Å². The van der Waals surface area contributed by atoms with Gasteiger partial charge in [-0.05, 0) is 25.7 Å². The first kappa shape index (κ1) is 83.8. The summed E-state index contributed by atoms with van der Waals surface area (Å²) in [7, 11) is 0. The SMILES string of the molecule is C=C(C)CC(C)(C)CC.C=CC.CC.CC.CC.CC.CC.CC.CC.CC.CC.CC.CCC. The maximum Gasteiger partial charge on any atom is -0.0274 e. The molecule has 0 N–H and O–H groups in total. The Morgan fingerprint density at radius 1 is 0.543 bits per heavy atom. The van der Waals surface area contributed by atoms with Crippen LogP contribution in [0.15, 0.2) is 24.8 Å². The third-order valence-electron chi connectivity index (χ3n) is 1.74. The lowest BCUT2D eigenvalue weighted by atomic mass is 9.84. The summed E-state index contributed by atoms with van der Waals surface area (Å²) in [5.74, 6) is 0. The molecular formula is C35H92. The summed E-state index contributed by atoms with van der Waals surface area (Å²) in [5, 5.41) is 0. The Labute approximate surface area is 236 Å². The van der Waals surface area contributed by atoms with E-state index in [1.165, 1.54) is 18.4 Å². The molecule has 0 aromatic carbocycles. The topological polar surface area (TPSA) is 0 Å². The quantitative estimate of drug-likeness (QED) is 0.330. The van der Waals surface area contributed by atoms with E-state index in [1.807, 2.05) is 145 Å². The van der Waals surface area contributed by atoms with Crippen molar-refractivity contribution in [2.24, 2.45) is 5.41 Å². The molecule has 0 nitrogen and oxygen atoms in total. The molecule has 0 rings (SSSR count). The second-order valence-electron chi connectivity index (χ2n) is 4.77. The molecule has 0 amide bonds. The molecular weight excluding hydrogens is 420 g/mol. The van der Waals surface area contributed by atoms with Gasteiger partial charge in [0, 0.05) is 0 Å². The summed E-state index contributed by atoms with van der Waals surface area (Å²) in [4.78, 5) is 0. The molecule has 0 saturated heterocycles. The first-order valence-corrected chi connectivity index (χ1v) is 16.0. The summed E-state index contributed by atoms with van der Waals surface area (Å²) in [5.41, 5.74) is 1.76. The van der Waals surface area contributed by atoms with Crippen molar-refractivity contribution in [2.75, 3.05) is 0 Å². The molecule has 0 heterocycles. The van der Waals surface area contributed by atoms with E-state index in [-0.39, 0.29) is 0 Å². The van der Waals surface area contributed by atoms with E-state index in [1.54, 1.807) is 6.08 Å². The highest BCUT2D eigenvalue weighted by molar-refractivity contribution is 4.93. The summed E-state index contributed by atoms with van der Waals surface area (Å²) in [6.45, 7) is 62.3. The molecule has 0 fully saturated rings. The van der Waals surface area contributed by atoms with E-state index >= 15 is 0 Å². The van der Waals surface area contributed by atoms with Crippen LogP contribution in [0.4, 0.5) is 0 Å². The van der Waals surface area contributed by atoms with Gasteiger partial charge in [-0.1, -0.05) is 198 Å². The highest BCUT2D eigenvalue weighted by Crippen LogP contribution is 2.27. The normalized spacial score (nSPS) is 5.57. The van der Waals surface area contributed by atoms with E-state index in [9.17, 15) is 0 Å². The fourth-order valence-electron chi connectivity index (χ4n) is 0.942. The molecule has 0 bridgehead atoms. The van der Waals surface area contributed by atoms with Gasteiger partial charge >= 0.3 is 0 Å². The highest BCUT2D eigenvalue weighted by Gasteiger charge is 2.13. The molecule has 0 aliphatic rings. The Morgan fingerprint density at radius 2 is 0.657 bits per heavy atom. The monoisotopic (exact) mass is 513 g/mol. The zero-order valence-corrected chi connectivity index (χ0v) is 32.1. The van der Waals surface area contributed by atoms with Gasteiger partial charge in [-0.3, -0.25) is 0 Å². The highest BCUT2D eigenvalue weighted by atomic mass is 14.2. The lowest BCUT2D eigenvalue weighted by Crippen LogP contribution is -2.08. The summed E-state index contributed by atoms with van der Waals surface area (Å²) in [6.07, 6.45) is 5.39. The minimum Gasteiger partial charge on any atom is -0.103 e. The maximum atomic E-state index is 3.89. The van der Waals surface area contributed by atoms with Crippen LogP contribution in [0.25, 0.3) is 0 Å². The summed E-state index contributed by atoms with van der Waals surface area (Å²) < 4.78 is 0. The van der Waals surface area contributed by atoms with E-state index in [4.69, 9.17) is 0 Å². The molecule has 0 heteroatoms. The Balaban J connectivity index is -0.0000000147. The van der Waals surface area contributed by atoms with Gasteiger partial charge in [0.1, 0.15) is 0 Å². The van der Waals surface area contributed by atoms with Crippen LogP contribution < -0.4 is 0 Å². The second-order valence-corrected chi connectivity index (χ2v) is 4.77. The van der Waals surface area contributed by atoms with Gasteiger partial charge in [-0.2, -0.15) is 0 Å². The number of hydrogen-bond donors (Lipinski definition) is 0. The third-order valence-corrected chi connectivity index (χ3v) is 1.74. The Kier molecular flexibility index (Phi) is 543. The van der Waals surface area contributed by atoms with Crippen LogP contribution >= 0.6 is 0 Å². The van der Waals surface area contributed by atoms with Crippen LogP contribution in [0, 0.1) is 5.41 Å². The standard InChI is InChI=1S/C9H18.C3H8.C3H6.10C2H6/c1-6-9(4,5)7-8(2)3;2*1-3-2;10*1-2/h2,6-7H2,1,3-5H3;3H2,1-2H3;3H,1H2,2H3;10*1-2H3. The van der Waals surface area contributed by atoms with E-state index < -0.39 is 0 Å². The van der Waals surface area contributed by atoms with Crippen molar-refractivity contribution in [1.29, 1.82) is 0 Å². The van der Waals surface area contributed by atoms with Gasteiger partial charge in [-0.25, -0.2) is 0 Å². The third kappa shape index (κ3) is 593. The van der Waals surface area contributed by atoms with Crippen molar-refractivity contribution >= 4 is 0 Å². The van der Waals surface area contributed by atoms with Gasteiger partial charge in [0.25, 0.3) is 0 Å². The zero-order valence-electron chi connectivity index (χ0n) is 32.1. The van der Waals surface area contributed by atoms with Gasteiger partial charge in [0.15, 0.2) is 0 Å². The molecule has 0 saturated carbocycles. The Hall–Kier alpha value is -0.520. The van der Waals surface area contributed by atoms with Crippen LogP contribution in [0.1, 0.15) is 206 Å². The molecule has 232 valence electrons. The molecule has 0 aromatic heterocycles. The Morgan fingerprint density at radius 3 is 0.686 bits per heavy atom. The molecule has 0 aliphatic carbocycles. The van der Waals surface area contributed by atoms with E-state index in [2.05, 4.69) is 54.7 Å². The predicted molar refractivity (Wildman–Crippen MR) is 189 cm³/mol. The number of hydrogen-bond acceptors (Lipinski definition) is 0. The predicted octanol–water partition coefficient (Wildman–Crippen LogP) is 16.3. The lowest BCUT2D eigenvalue weighted by Gasteiger charge is -2.21. The van der Waals surface area contributed by atoms with Crippen molar-refractivity contribution in [3.63, 3.8) is 0 Å². The zero-order chi connectivity index (χ0) is 32.9. The van der Waals surface area contributed by atoms with Crippen molar-refractivity contribution in [3.8, 4) is 0 Å². The minimum atomic E-state index is 0.464. The van der Waals surface area contributed by atoms with Crippen LogP contribution in [0.3, 0.4) is 0 Å². The molecule has 0 aliphatic heterocycles. The lowest BCUT2D eigenvalue weighted by molar-refractivity contribution is 0.348. The minimum absolute atomic E-state index is 0.464. The molecule has 35 heavy (non-hydrogen) atoms. The fourth-order valence-corrected chi connectivity index (χ4v) is 0.942. The van der Waals surface area contributed by atoms with Crippen molar-refractivity contribution in [3.05, 3.63) is 24.8 Å². The van der Waals surface area contributed by atoms with Crippen LogP contribution in [0.5, 0.6) is 0 Å². The average Bonchev–Trinajstić information content (AvgIpc) is 2.96. The van der Waals surface area contributed by atoms with Gasteiger partial charge < -0.3 is 0 Å². The van der Waals surface area contributed by atoms with E-state index in [0.29, 0.717) is 5.41 Å². The number of rotatable bonds is 3. The fraction of sp³-hybridized carbons (Fsp3) is 0.886. The van der Waals surface area contributed by atoms with Gasteiger partial charge in [0.2, 0.25) is 0 Å². The molecule has 0 radical (unpaired) electrons. The number of allylic oxidation sites excluding steroid dienone is 2. The molecule has 0 atom stereocenters. The van der Waals surface area contributed by atoms with E-state index in [0.717, 1.165) is 6.42 Å². The van der Waals surface area contributed by atoms with Crippen molar-refractivity contribution < 1.29 is 0 Å². The van der Waals surface area contributed by atoms with Crippen LogP contribution in [-0.2, 0) is 0 Å². The molecule has 0 aromatic rings. The Bertz CT molecular complexity index is 140. The molecule has 0 spiro atoms. The van der Waals surface area contributed by atoms with Crippen molar-refractivity contribution in [1.82, 2.24) is 0 Å². The van der Waals surface area contributed by atoms with Gasteiger partial charge in [-0.15, -0.1) is 13.2 Å². The smallest absolute Gasteiger partial charge is 0.0274 e. The molecule has 0 unspecified atom stereocenters. The average molecular weight is 513 g/mol. The van der Waals surface area contributed by atoms with Crippen molar-refractivity contribution in [2.45, 2.75) is 206 Å². The van der Waals surface area contributed by atoms with Crippen LogP contribution in [0.2, 0.25) is 0 Å².